The quantitative estimate of drug-likeness (QED) is 0.643. The van der Waals surface area contributed by atoms with Crippen LogP contribution < -0.4 is 14.9 Å². The van der Waals surface area contributed by atoms with Gasteiger partial charge in [-0.2, -0.15) is 0 Å². The molecule has 1 heterocycles. The number of para-hydroxylation sites is 2. The molecule has 0 aromatic heterocycles. The van der Waals surface area contributed by atoms with Crippen molar-refractivity contribution in [2.45, 2.75) is 18.9 Å². The summed E-state index contributed by atoms with van der Waals surface area (Å²) in [6, 6.07) is 11.6. The molecule has 0 radical (unpaired) electrons. The van der Waals surface area contributed by atoms with Crippen molar-refractivity contribution in [3.8, 4) is 0 Å². The van der Waals surface area contributed by atoms with Gasteiger partial charge in [0.1, 0.15) is 12.4 Å². The van der Waals surface area contributed by atoms with Crippen LogP contribution in [0.15, 0.2) is 48.5 Å². The van der Waals surface area contributed by atoms with E-state index in [2.05, 4.69) is 10.6 Å². The minimum absolute atomic E-state index is 0.0326. The molecular weight excluding hydrogens is 425 g/mol. The number of ether oxygens (including phenoxy) is 1. The van der Waals surface area contributed by atoms with Crippen LogP contribution in [0.25, 0.3) is 0 Å². The third kappa shape index (κ3) is 6.02. The third-order valence-electron chi connectivity index (χ3n) is 4.77. The van der Waals surface area contributed by atoms with E-state index in [1.807, 2.05) is 0 Å². The molecule has 10 heteroatoms. The first-order valence-corrected chi connectivity index (χ1v) is 11.6. The van der Waals surface area contributed by atoms with E-state index in [1.165, 1.54) is 24.3 Å². The highest BCUT2D eigenvalue weighted by atomic mass is 32.2. The van der Waals surface area contributed by atoms with Gasteiger partial charge >= 0.3 is 0 Å². The molecule has 1 atom stereocenters. The molecular formula is C21H24FN3O5S. The maximum absolute atomic E-state index is 14.1. The van der Waals surface area contributed by atoms with Crippen LogP contribution in [-0.4, -0.2) is 52.3 Å². The van der Waals surface area contributed by atoms with Gasteiger partial charge in [0.2, 0.25) is 15.9 Å². The molecule has 0 aliphatic carbocycles. The zero-order chi connectivity index (χ0) is 22.4. The summed E-state index contributed by atoms with van der Waals surface area (Å²) in [5.74, 6) is -1.87. The van der Waals surface area contributed by atoms with Gasteiger partial charge in [-0.05, 0) is 37.1 Å². The highest BCUT2D eigenvalue weighted by Gasteiger charge is 2.24. The molecule has 0 spiro atoms. The molecule has 0 saturated carbocycles. The van der Waals surface area contributed by atoms with Crippen LogP contribution in [0.5, 0.6) is 0 Å². The van der Waals surface area contributed by atoms with E-state index in [9.17, 15) is 22.4 Å². The Balaban J connectivity index is 1.72. The van der Waals surface area contributed by atoms with E-state index < -0.39 is 28.3 Å². The Morgan fingerprint density at radius 1 is 1.16 bits per heavy atom. The first-order chi connectivity index (χ1) is 14.8. The average molecular weight is 450 g/mol. The smallest absolute Gasteiger partial charge is 0.253 e. The van der Waals surface area contributed by atoms with Crippen molar-refractivity contribution < 1.29 is 27.1 Å². The Labute approximate surface area is 180 Å². The molecule has 166 valence electrons. The second kappa shape index (κ2) is 9.88. The summed E-state index contributed by atoms with van der Waals surface area (Å²) in [6.07, 6.45) is 2.68. The second-order valence-corrected chi connectivity index (χ2v) is 9.07. The Hall–Kier alpha value is -2.98. The first kappa shape index (κ1) is 22.7. The van der Waals surface area contributed by atoms with Gasteiger partial charge in [-0.1, -0.05) is 24.3 Å². The molecule has 2 N–H and O–H groups in total. The lowest BCUT2D eigenvalue weighted by Gasteiger charge is -2.22. The molecule has 8 nitrogen and oxygen atoms in total. The number of rotatable bonds is 8. The van der Waals surface area contributed by atoms with Crippen molar-refractivity contribution in [2.24, 2.45) is 0 Å². The zero-order valence-electron chi connectivity index (χ0n) is 17.0. The summed E-state index contributed by atoms with van der Waals surface area (Å²) in [4.78, 5) is 25.2. The second-order valence-electron chi connectivity index (χ2n) is 7.16. The molecule has 2 aromatic carbocycles. The summed E-state index contributed by atoms with van der Waals surface area (Å²) in [5.41, 5.74) is 0.215. The number of carbonyl (C=O) groups is 2. The Morgan fingerprint density at radius 2 is 1.87 bits per heavy atom. The van der Waals surface area contributed by atoms with Crippen LogP contribution >= 0.6 is 0 Å². The van der Waals surface area contributed by atoms with Gasteiger partial charge in [-0.15, -0.1) is 0 Å². The fourth-order valence-corrected chi connectivity index (χ4v) is 4.11. The maximum Gasteiger partial charge on any atom is 0.253 e. The number of amides is 2. The number of anilines is 2. The minimum atomic E-state index is -3.93. The molecule has 0 unspecified atom stereocenters. The van der Waals surface area contributed by atoms with Crippen LogP contribution in [0.2, 0.25) is 0 Å². The number of carbonyl (C=O) groups excluding carboxylic acids is 2. The number of benzene rings is 2. The number of hydrogen-bond donors (Lipinski definition) is 2. The molecule has 3 rings (SSSR count). The van der Waals surface area contributed by atoms with Crippen LogP contribution in [0.1, 0.15) is 23.2 Å². The fraction of sp³-hybridized carbons (Fsp3) is 0.333. The molecule has 31 heavy (non-hydrogen) atoms. The largest absolute Gasteiger partial charge is 0.376 e. The fourth-order valence-electron chi connectivity index (χ4n) is 3.25. The summed E-state index contributed by atoms with van der Waals surface area (Å²) in [5, 5.41) is 5.33. The van der Waals surface area contributed by atoms with Crippen LogP contribution in [-0.2, 0) is 19.6 Å². The van der Waals surface area contributed by atoms with E-state index in [0.717, 1.165) is 25.2 Å². The van der Waals surface area contributed by atoms with E-state index in [-0.39, 0.29) is 28.9 Å². The minimum Gasteiger partial charge on any atom is -0.376 e. The van der Waals surface area contributed by atoms with Gasteiger partial charge in [-0.3, -0.25) is 13.9 Å². The SMILES string of the molecule is CS(=O)(=O)N(CC(=O)Nc1ccccc1C(=O)NC[C@H]1CCCO1)c1ccccc1F. The van der Waals surface area contributed by atoms with Crippen molar-refractivity contribution in [2.75, 3.05) is 35.6 Å². The predicted octanol–water partition coefficient (Wildman–Crippen LogP) is 2.14. The lowest BCUT2D eigenvalue weighted by atomic mass is 10.1. The molecule has 1 aliphatic rings. The van der Waals surface area contributed by atoms with Crippen molar-refractivity contribution in [3.05, 3.63) is 59.9 Å². The van der Waals surface area contributed by atoms with Crippen molar-refractivity contribution in [1.82, 2.24) is 5.32 Å². The highest BCUT2D eigenvalue weighted by Crippen LogP contribution is 2.22. The maximum atomic E-state index is 14.1. The number of halogens is 1. The Bertz CT molecular complexity index is 1050. The van der Waals surface area contributed by atoms with Gasteiger partial charge in [0.05, 0.1) is 29.3 Å². The van der Waals surface area contributed by atoms with E-state index in [4.69, 9.17) is 4.74 Å². The van der Waals surface area contributed by atoms with E-state index >= 15 is 0 Å². The van der Waals surface area contributed by atoms with Crippen molar-refractivity contribution >= 4 is 33.2 Å². The average Bonchev–Trinajstić information content (AvgIpc) is 3.24. The van der Waals surface area contributed by atoms with Crippen molar-refractivity contribution in [3.63, 3.8) is 0 Å². The Kier molecular flexibility index (Phi) is 7.24. The monoisotopic (exact) mass is 449 g/mol. The van der Waals surface area contributed by atoms with Gasteiger partial charge in [0.15, 0.2) is 0 Å². The molecule has 1 aliphatic heterocycles. The number of nitrogens with zero attached hydrogens (tertiary/aromatic N) is 1. The summed E-state index contributed by atoms with van der Waals surface area (Å²) in [7, 11) is -3.93. The lowest BCUT2D eigenvalue weighted by Crippen LogP contribution is -2.38. The zero-order valence-corrected chi connectivity index (χ0v) is 17.8. The summed E-state index contributed by atoms with van der Waals surface area (Å²) < 4.78 is 44.6. The lowest BCUT2D eigenvalue weighted by molar-refractivity contribution is -0.114. The molecule has 0 bridgehead atoms. The third-order valence-corrected chi connectivity index (χ3v) is 5.90. The van der Waals surface area contributed by atoms with Gasteiger partial charge < -0.3 is 15.4 Å². The van der Waals surface area contributed by atoms with Crippen molar-refractivity contribution in [1.29, 1.82) is 0 Å². The summed E-state index contributed by atoms with van der Waals surface area (Å²) in [6.45, 7) is 0.383. The molecule has 2 amide bonds. The number of sulfonamides is 1. The molecule has 2 aromatic rings. The number of hydrogen-bond acceptors (Lipinski definition) is 5. The molecule has 1 saturated heterocycles. The van der Waals surface area contributed by atoms with E-state index in [0.29, 0.717) is 17.5 Å². The predicted molar refractivity (Wildman–Crippen MR) is 115 cm³/mol. The van der Waals surface area contributed by atoms with Crippen LogP contribution in [0.3, 0.4) is 0 Å². The highest BCUT2D eigenvalue weighted by molar-refractivity contribution is 7.92. The van der Waals surface area contributed by atoms with Gasteiger partial charge in [-0.25, -0.2) is 12.8 Å². The van der Waals surface area contributed by atoms with Crippen LogP contribution in [0, 0.1) is 5.82 Å². The normalized spacial score (nSPS) is 16.0. The van der Waals surface area contributed by atoms with Gasteiger partial charge in [0, 0.05) is 13.2 Å². The summed E-state index contributed by atoms with van der Waals surface area (Å²) >= 11 is 0. The van der Waals surface area contributed by atoms with E-state index in [1.54, 1.807) is 18.2 Å². The Morgan fingerprint density at radius 3 is 2.55 bits per heavy atom. The molecule has 1 fully saturated rings. The van der Waals surface area contributed by atoms with Gasteiger partial charge in [0.25, 0.3) is 5.91 Å². The first-order valence-electron chi connectivity index (χ1n) is 9.76. The van der Waals surface area contributed by atoms with Crippen LogP contribution in [0.4, 0.5) is 15.8 Å². The topological polar surface area (TPSA) is 105 Å². The standard InChI is InChI=1S/C21H24FN3O5S/c1-31(28,29)25(19-11-5-3-9-17(19)22)14-20(26)24-18-10-4-2-8-16(18)21(27)23-13-15-7-6-12-30-15/h2-5,8-11,15H,6-7,12-14H2,1H3,(H,23,27)(H,24,26)/t15-/m1/s1. The number of nitrogens with one attached hydrogen (secondary N) is 2.